The summed E-state index contributed by atoms with van der Waals surface area (Å²) in [4.78, 5) is 12.2. The van der Waals surface area contributed by atoms with Gasteiger partial charge in [-0.05, 0) is 43.3 Å². The van der Waals surface area contributed by atoms with E-state index in [1.165, 1.54) is 16.4 Å². The number of nitrogens with one attached hydrogen (secondary N) is 2. The van der Waals surface area contributed by atoms with Crippen LogP contribution in [-0.2, 0) is 14.8 Å². The largest absolute Gasteiger partial charge is 0.378 e. The number of morpholine rings is 1. The lowest BCUT2D eigenvalue weighted by molar-refractivity contribution is 0.0393. The molecule has 2 aromatic carbocycles. The molecule has 0 aromatic heterocycles. The average molecular weight is 375 g/mol. The van der Waals surface area contributed by atoms with Gasteiger partial charge >= 0.3 is 6.03 Å². The maximum atomic E-state index is 12.7. The van der Waals surface area contributed by atoms with Crippen molar-refractivity contribution in [2.45, 2.75) is 17.9 Å². The highest BCUT2D eigenvalue weighted by Gasteiger charge is 2.31. The number of ether oxygens (including phenoxy) is 1. The molecular formula is C18H21N3O4S. The number of rotatable bonds is 4. The van der Waals surface area contributed by atoms with Crippen molar-refractivity contribution >= 4 is 27.4 Å². The zero-order chi connectivity index (χ0) is 18.6. The fraction of sp³-hybridized carbons (Fsp3) is 0.278. The maximum Gasteiger partial charge on any atom is 0.323 e. The summed E-state index contributed by atoms with van der Waals surface area (Å²) in [6.45, 7) is 2.94. The Labute approximate surface area is 153 Å². The summed E-state index contributed by atoms with van der Waals surface area (Å²) in [5.74, 6) is 0. The normalized spacial score (nSPS) is 18.3. The van der Waals surface area contributed by atoms with Gasteiger partial charge in [0, 0.05) is 24.0 Å². The van der Waals surface area contributed by atoms with Crippen molar-refractivity contribution in [2.24, 2.45) is 0 Å². The summed E-state index contributed by atoms with van der Waals surface area (Å²) in [6, 6.07) is 14.6. The average Bonchev–Trinajstić information content (AvgIpc) is 2.63. The molecule has 0 saturated carbocycles. The number of hydrogen-bond donors (Lipinski definition) is 2. The molecule has 138 valence electrons. The van der Waals surface area contributed by atoms with Gasteiger partial charge in [-0.1, -0.05) is 18.2 Å². The first-order valence-electron chi connectivity index (χ1n) is 8.29. The SMILES string of the molecule is CC1COCCN1S(=O)(=O)c1ccc(NC(=O)Nc2ccccc2)cc1. The van der Waals surface area contributed by atoms with Crippen LogP contribution in [0.5, 0.6) is 0 Å². The summed E-state index contributed by atoms with van der Waals surface area (Å²) >= 11 is 0. The van der Waals surface area contributed by atoms with Crippen LogP contribution in [0.3, 0.4) is 0 Å². The van der Waals surface area contributed by atoms with E-state index in [-0.39, 0.29) is 10.9 Å². The minimum atomic E-state index is -3.58. The van der Waals surface area contributed by atoms with Crippen LogP contribution in [0.25, 0.3) is 0 Å². The van der Waals surface area contributed by atoms with Gasteiger partial charge in [0.1, 0.15) is 0 Å². The van der Waals surface area contributed by atoms with E-state index in [9.17, 15) is 13.2 Å². The number of carbonyl (C=O) groups excluding carboxylic acids is 1. The van der Waals surface area contributed by atoms with Crippen molar-refractivity contribution in [1.82, 2.24) is 4.31 Å². The number of carbonyl (C=O) groups is 1. The number of sulfonamides is 1. The minimum absolute atomic E-state index is 0.195. The molecule has 0 bridgehead atoms. The van der Waals surface area contributed by atoms with Crippen LogP contribution in [0.2, 0.25) is 0 Å². The Hall–Kier alpha value is -2.42. The van der Waals surface area contributed by atoms with Gasteiger partial charge < -0.3 is 15.4 Å². The predicted molar refractivity (Wildman–Crippen MR) is 99.7 cm³/mol. The van der Waals surface area contributed by atoms with Gasteiger partial charge in [0.25, 0.3) is 0 Å². The van der Waals surface area contributed by atoms with E-state index in [1.54, 1.807) is 24.3 Å². The second-order valence-electron chi connectivity index (χ2n) is 6.01. The van der Waals surface area contributed by atoms with Crippen molar-refractivity contribution in [3.63, 3.8) is 0 Å². The van der Waals surface area contributed by atoms with E-state index in [1.807, 2.05) is 25.1 Å². The molecule has 1 aliphatic rings. The zero-order valence-corrected chi connectivity index (χ0v) is 15.2. The number of nitrogens with zero attached hydrogens (tertiary/aromatic N) is 1. The highest BCUT2D eigenvalue weighted by molar-refractivity contribution is 7.89. The van der Waals surface area contributed by atoms with E-state index >= 15 is 0 Å². The number of para-hydroxylation sites is 1. The molecule has 1 fully saturated rings. The Kier molecular flexibility index (Phi) is 5.55. The van der Waals surface area contributed by atoms with Crippen molar-refractivity contribution in [3.05, 3.63) is 54.6 Å². The molecule has 2 aromatic rings. The van der Waals surface area contributed by atoms with Crippen LogP contribution in [0.1, 0.15) is 6.92 Å². The smallest absolute Gasteiger partial charge is 0.323 e. The predicted octanol–water partition coefficient (Wildman–Crippen LogP) is 2.74. The van der Waals surface area contributed by atoms with Crippen molar-refractivity contribution in [1.29, 1.82) is 0 Å². The number of amides is 2. The third-order valence-electron chi connectivity index (χ3n) is 4.06. The molecule has 1 aliphatic heterocycles. The summed E-state index contributed by atoms with van der Waals surface area (Å²) in [5, 5.41) is 5.38. The Morgan fingerprint density at radius 3 is 2.27 bits per heavy atom. The summed E-state index contributed by atoms with van der Waals surface area (Å²) in [5.41, 5.74) is 1.18. The first-order chi connectivity index (χ1) is 12.5. The number of benzene rings is 2. The van der Waals surface area contributed by atoms with Crippen LogP contribution in [0, 0.1) is 0 Å². The molecule has 0 aliphatic carbocycles. The molecule has 7 nitrogen and oxygen atoms in total. The van der Waals surface area contributed by atoms with E-state index in [0.29, 0.717) is 31.1 Å². The molecule has 0 spiro atoms. The van der Waals surface area contributed by atoms with Gasteiger partial charge in [-0.25, -0.2) is 13.2 Å². The first kappa shape index (κ1) is 18.4. The quantitative estimate of drug-likeness (QED) is 0.860. The third kappa shape index (κ3) is 4.21. The Morgan fingerprint density at radius 1 is 1.04 bits per heavy atom. The second kappa shape index (κ2) is 7.86. The van der Waals surface area contributed by atoms with Crippen molar-refractivity contribution in [3.8, 4) is 0 Å². The highest BCUT2D eigenvalue weighted by Crippen LogP contribution is 2.22. The van der Waals surface area contributed by atoms with Gasteiger partial charge in [0.05, 0.1) is 18.1 Å². The summed E-state index contributed by atoms with van der Waals surface area (Å²) in [6.07, 6.45) is 0. The standard InChI is InChI=1S/C18H21N3O4S/c1-14-13-25-12-11-21(14)26(23,24)17-9-7-16(8-10-17)20-18(22)19-15-5-3-2-4-6-15/h2-10,14H,11-13H2,1H3,(H2,19,20,22). The van der Waals surface area contributed by atoms with Gasteiger partial charge in [-0.3, -0.25) is 0 Å². The van der Waals surface area contributed by atoms with Crippen LogP contribution in [-0.4, -0.2) is 44.6 Å². The molecule has 1 saturated heterocycles. The van der Waals surface area contributed by atoms with Crippen LogP contribution in [0.15, 0.2) is 59.5 Å². The Morgan fingerprint density at radius 2 is 1.65 bits per heavy atom. The van der Waals surface area contributed by atoms with E-state index in [4.69, 9.17) is 4.74 Å². The lowest BCUT2D eigenvalue weighted by atomic mass is 10.3. The van der Waals surface area contributed by atoms with E-state index in [2.05, 4.69) is 10.6 Å². The molecule has 2 amide bonds. The highest BCUT2D eigenvalue weighted by atomic mass is 32.2. The molecule has 8 heteroatoms. The second-order valence-corrected chi connectivity index (χ2v) is 7.90. The van der Waals surface area contributed by atoms with Crippen LogP contribution >= 0.6 is 0 Å². The molecule has 26 heavy (non-hydrogen) atoms. The van der Waals surface area contributed by atoms with Crippen LogP contribution in [0.4, 0.5) is 16.2 Å². The van der Waals surface area contributed by atoms with Gasteiger partial charge in [0.2, 0.25) is 10.0 Å². The fourth-order valence-corrected chi connectivity index (χ4v) is 4.33. The van der Waals surface area contributed by atoms with Crippen molar-refractivity contribution in [2.75, 3.05) is 30.4 Å². The van der Waals surface area contributed by atoms with Crippen LogP contribution < -0.4 is 10.6 Å². The lowest BCUT2D eigenvalue weighted by Crippen LogP contribution is -2.46. The fourth-order valence-electron chi connectivity index (χ4n) is 2.73. The minimum Gasteiger partial charge on any atom is -0.378 e. The maximum absolute atomic E-state index is 12.7. The third-order valence-corrected chi connectivity index (χ3v) is 6.08. The monoisotopic (exact) mass is 375 g/mol. The Balaban J connectivity index is 1.67. The molecule has 3 rings (SSSR count). The topological polar surface area (TPSA) is 87.7 Å². The lowest BCUT2D eigenvalue weighted by Gasteiger charge is -2.32. The van der Waals surface area contributed by atoms with Gasteiger partial charge in [-0.2, -0.15) is 4.31 Å². The zero-order valence-electron chi connectivity index (χ0n) is 14.4. The van der Waals surface area contributed by atoms with E-state index < -0.39 is 16.1 Å². The first-order valence-corrected chi connectivity index (χ1v) is 9.73. The van der Waals surface area contributed by atoms with E-state index in [0.717, 1.165) is 0 Å². The molecule has 2 N–H and O–H groups in total. The molecule has 1 unspecified atom stereocenters. The van der Waals surface area contributed by atoms with Crippen molar-refractivity contribution < 1.29 is 17.9 Å². The number of urea groups is 1. The number of anilines is 2. The molecule has 1 atom stereocenters. The van der Waals surface area contributed by atoms with Gasteiger partial charge in [-0.15, -0.1) is 0 Å². The molecule has 1 heterocycles. The summed E-state index contributed by atoms with van der Waals surface area (Å²) in [7, 11) is -3.58. The van der Waals surface area contributed by atoms with Gasteiger partial charge in [0.15, 0.2) is 0 Å². The number of hydrogen-bond acceptors (Lipinski definition) is 4. The molecular weight excluding hydrogens is 354 g/mol. The molecule has 0 radical (unpaired) electrons. The summed E-state index contributed by atoms with van der Waals surface area (Å²) < 4.78 is 32.2. The Bertz CT molecular complexity index is 854.